The van der Waals surface area contributed by atoms with Gasteiger partial charge in [-0.15, -0.1) is 0 Å². The molecule has 0 saturated carbocycles. The Hall–Kier alpha value is -6.85. The number of carbonyl (C=O) groups is 6. The van der Waals surface area contributed by atoms with Crippen molar-refractivity contribution in [3.05, 3.63) is 40.7 Å². The molecular weight excluding hydrogens is 970 g/mol. The number of ether oxygens (including phenoxy) is 5. The maximum absolute atomic E-state index is 13.5. The monoisotopic (exact) mass is 1050 g/mol. The molecule has 1 atom stereocenters. The van der Waals surface area contributed by atoms with Gasteiger partial charge < -0.3 is 56.4 Å². The minimum Gasteiger partial charge on any atom is -0.492 e. The average Bonchev–Trinajstić information content (AvgIpc) is 3.22. The molecule has 1 aromatic heterocycles. The lowest BCUT2D eigenvalue weighted by molar-refractivity contribution is -0.123. The van der Waals surface area contributed by atoms with E-state index in [9.17, 15) is 28.8 Å². The molecule has 0 saturated heterocycles. The van der Waals surface area contributed by atoms with Crippen LogP contribution in [-0.2, 0) is 30.2 Å². The Kier molecular flexibility index (Phi) is 24.7. The Labute approximate surface area is 433 Å². The van der Waals surface area contributed by atoms with Gasteiger partial charge in [0.1, 0.15) is 40.8 Å². The van der Waals surface area contributed by atoms with Gasteiger partial charge in [-0.3, -0.25) is 35.5 Å². The summed E-state index contributed by atoms with van der Waals surface area (Å²) >= 11 is 5.85. The number of hydrogen-bond acceptors (Lipinski definition) is 17. The summed E-state index contributed by atoms with van der Waals surface area (Å²) in [4.78, 5) is 94.6. The van der Waals surface area contributed by atoms with Crippen molar-refractivity contribution in [1.82, 2.24) is 41.5 Å². The van der Waals surface area contributed by atoms with Crippen LogP contribution in [0.4, 0.5) is 30.8 Å². The van der Waals surface area contributed by atoms with E-state index >= 15 is 0 Å². The number of aromatic nitrogens is 2. The summed E-state index contributed by atoms with van der Waals surface area (Å²) < 4.78 is 27.7. The first-order valence-corrected chi connectivity index (χ1v) is 24.4. The number of nitrogens with zero attached hydrogens (tertiary/aromatic N) is 5. The molecule has 0 aliphatic heterocycles. The number of benzene rings is 1. The highest BCUT2D eigenvalue weighted by molar-refractivity contribution is 6.31. The second kappa shape index (κ2) is 29.0. The van der Waals surface area contributed by atoms with Crippen molar-refractivity contribution >= 4 is 71.3 Å². The van der Waals surface area contributed by atoms with Gasteiger partial charge in [-0.1, -0.05) is 23.7 Å². The Morgan fingerprint density at radius 1 is 0.671 bits per heavy atom. The van der Waals surface area contributed by atoms with Crippen LogP contribution in [0.5, 0.6) is 5.75 Å². The van der Waals surface area contributed by atoms with Crippen LogP contribution in [0.25, 0.3) is 0 Å². The number of aryl methyl sites for hydroxylation is 1. The van der Waals surface area contributed by atoms with Crippen molar-refractivity contribution in [2.75, 3.05) is 50.8 Å². The summed E-state index contributed by atoms with van der Waals surface area (Å²) in [6.45, 7) is 21.8. The lowest BCUT2D eigenvalue weighted by atomic mass is 10.1. The molecule has 0 aliphatic carbocycles. The van der Waals surface area contributed by atoms with Crippen LogP contribution in [0.2, 0.25) is 5.15 Å². The molecule has 73 heavy (non-hydrogen) atoms. The van der Waals surface area contributed by atoms with Crippen LogP contribution in [-0.4, -0.2) is 131 Å². The van der Waals surface area contributed by atoms with Gasteiger partial charge in [0.2, 0.25) is 11.9 Å². The molecule has 25 heteroatoms. The average molecular weight is 1050 g/mol. The zero-order valence-corrected chi connectivity index (χ0v) is 45.2. The standard InChI is InChI=1S/C48H78ClN13O11/c1-45(2,3)70-41(65)56-32(19-14-16-25-55-40(60-42(66)71-46(4,5)6)61-43(67)72-47(7,8)9)37(63)53-26-17-27-62(44(68)73-48(10,11)12)28-29-69-31-22-20-30(21-23-31)18-13-15-24-54-39(52)59-38(64)33-35(50)58-36(51)34(49)57-33/h20-23,32H,13-19,24-29H2,1-12H3,(H,53,63)(H,56,65)(H4,50,51,58)(H3,52,54,59,64)(H2,55,60,61,66,67)/t32-/m0/s1. The number of rotatable bonds is 21. The first-order valence-electron chi connectivity index (χ1n) is 24.0. The van der Waals surface area contributed by atoms with Crippen molar-refractivity contribution < 1.29 is 52.5 Å². The van der Waals surface area contributed by atoms with Crippen LogP contribution in [0.15, 0.2) is 34.3 Å². The Balaban J connectivity index is 1.96. The Morgan fingerprint density at radius 2 is 1.22 bits per heavy atom. The SMILES string of the molecule is CC(C)(C)OC(=O)NC(=NCCCC[C@H](NC(=O)OC(C)(C)C)C(=O)NCCCN(CCOc1ccc(CCCCN=C(N)NC(=O)c2nc(Cl)c(N)nc2N)cc1)C(=O)OC(C)(C)C)NC(=O)OC(C)(C)C. The molecule has 6 amide bonds. The van der Waals surface area contributed by atoms with Gasteiger partial charge in [0.15, 0.2) is 28.4 Å². The fraction of sp³-hybridized carbons (Fsp3) is 0.625. The Morgan fingerprint density at radius 3 is 1.79 bits per heavy atom. The smallest absolute Gasteiger partial charge is 0.414 e. The quantitative estimate of drug-likeness (QED) is 0.0310. The molecule has 0 radical (unpaired) electrons. The van der Waals surface area contributed by atoms with Crippen LogP contribution in [0, 0.1) is 0 Å². The molecule has 0 unspecified atom stereocenters. The predicted octanol–water partition coefficient (Wildman–Crippen LogP) is 5.95. The largest absolute Gasteiger partial charge is 0.492 e. The van der Waals surface area contributed by atoms with Gasteiger partial charge in [0, 0.05) is 26.2 Å². The highest BCUT2D eigenvalue weighted by Gasteiger charge is 2.26. The fourth-order valence-electron chi connectivity index (χ4n) is 6.00. The van der Waals surface area contributed by atoms with Gasteiger partial charge in [-0.25, -0.2) is 29.1 Å². The van der Waals surface area contributed by atoms with Crippen molar-refractivity contribution in [2.24, 2.45) is 15.7 Å². The van der Waals surface area contributed by atoms with E-state index in [0.29, 0.717) is 38.0 Å². The number of nitrogens with two attached hydrogens (primary N) is 3. The number of halogens is 1. The maximum Gasteiger partial charge on any atom is 0.414 e. The molecule has 24 nitrogen and oxygen atoms in total. The third-order valence-corrected chi connectivity index (χ3v) is 9.32. The fourth-order valence-corrected chi connectivity index (χ4v) is 6.12. The van der Waals surface area contributed by atoms with E-state index in [1.165, 1.54) is 4.90 Å². The number of guanidine groups is 2. The number of amides is 6. The minimum atomic E-state index is -0.987. The third-order valence-electron chi connectivity index (χ3n) is 9.04. The number of anilines is 2. The van der Waals surface area contributed by atoms with Gasteiger partial charge in [-0.2, -0.15) is 0 Å². The molecule has 0 bridgehead atoms. The summed E-state index contributed by atoms with van der Waals surface area (Å²) in [5, 5.41) is 12.6. The Bertz CT molecular complexity index is 2190. The van der Waals surface area contributed by atoms with Gasteiger partial charge in [0.05, 0.1) is 6.54 Å². The molecule has 1 aromatic carbocycles. The minimum absolute atomic E-state index is 0.0989. The van der Waals surface area contributed by atoms with Crippen molar-refractivity contribution in [3.63, 3.8) is 0 Å². The second-order valence-corrected chi connectivity index (χ2v) is 21.0. The van der Waals surface area contributed by atoms with E-state index in [-0.39, 0.29) is 73.6 Å². The summed E-state index contributed by atoms with van der Waals surface area (Å²) in [5.74, 6) is -1.16. The summed E-state index contributed by atoms with van der Waals surface area (Å²) in [5.41, 5.74) is 14.8. The third kappa shape index (κ3) is 28.1. The first-order chi connectivity index (χ1) is 33.8. The van der Waals surface area contributed by atoms with E-state index < -0.39 is 64.6 Å². The molecule has 0 fully saturated rings. The summed E-state index contributed by atoms with van der Waals surface area (Å²) in [7, 11) is 0. The van der Waals surface area contributed by atoms with E-state index in [2.05, 4.69) is 46.5 Å². The molecule has 11 N–H and O–H groups in total. The van der Waals surface area contributed by atoms with Crippen LogP contribution in [0.1, 0.15) is 138 Å². The van der Waals surface area contributed by atoms with Gasteiger partial charge >= 0.3 is 24.4 Å². The topological polar surface area (TPSA) is 341 Å². The molecule has 0 aliphatic rings. The highest BCUT2D eigenvalue weighted by Crippen LogP contribution is 2.18. The molecule has 408 valence electrons. The van der Waals surface area contributed by atoms with E-state index in [1.54, 1.807) is 83.1 Å². The number of alkyl carbamates (subject to hydrolysis) is 3. The number of nitrogen functional groups attached to an aromatic ring is 2. The van der Waals surface area contributed by atoms with Gasteiger partial charge in [-0.05, 0) is 146 Å². The molecule has 2 aromatic rings. The van der Waals surface area contributed by atoms with Crippen molar-refractivity contribution in [3.8, 4) is 5.75 Å². The number of aliphatic imine (C=N–C) groups is 2. The molecule has 2 rings (SSSR count). The second-order valence-electron chi connectivity index (χ2n) is 20.6. The van der Waals surface area contributed by atoms with Crippen LogP contribution >= 0.6 is 11.6 Å². The first kappa shape index (κ1) is 62.3. The molecular formula is C48H78ClN13O11. The summed E-state index contributed by atoms with van der Waals surface area (Å²) in [6, 6.07) is 6.58. The maximum atomic E-state index is 13.5. The summed E-state index contributed by atoms with van der Waals surface area (Å²) in [6.07, 6.45) is 0.569. The van der Waals surface area contributed by atoms with Gasteiger partial charge in [0.25, 0.3) is 5.91 Å². The normalized spacial score (nSPS) is 12.3. The van der Waals surface area contributed by atoms with Crippen molar-refractivity contribution in [1.29, 1.82) is 0 Å². The number of unbranched alkanes of at least 4 members (excludes halogenated alkanes) is 2. The number of hydrogen-bond donors (Lipinski definition) is 8. The van der Waals surface area contributed by atoms with E-state index in [0.717, 1.165) is 18.4 Å². The zero-order valence-electron chi connectivity index (χ0n) is 44.4. The molecule has 0 spiro atoms. The lowest BCUT2D eigenvalue weighted by Gasteiger charge is -2.27. The van der Waals surface area contributed by atoms with E-state index in [4.69, 9.17) is 52.5 Å². The van der Waals surface area contributed by atoms with Crippen molar-refractivity contribution in [2.45, 2.75) is 156 Å². The molecule has 1 heterocycles. The predicted molar refractivity (Wildman–Crippen MR) is 278 cm³/mol. The van der Waals surface area contributed by atoms with Crippen LogP contribution in [0.3, 0.4) is 0 Å². The van der Waals surface area contributed by atoms with E-state index in [1.807, 2.05) is 24.3 Å². The number of carbonyl (C=O) groups excluding carboxylic acids is 6. The number of nitrogens with one attached hydrogen (secondary N) is 5. The zero-order chi connectivity index (χ0) is 55.2. The highest BCUT2D eigenvalue weighted by atomic mass is 35.5. The van der Waals surface area contributed by atoms with Crippen LogP contribution < -0.4 is 48.5 Å². The lowest BCUT2D eigenvalue weighted by Crippen LogP contribution is -2.48.